The molecule has 0 aliphatic carbocycles. The molecule has 16 heavy (non-hydrogen) atoms. The quantitative estimate of drug-likeness (QED) is 0.892. The zero-order valence-corrected chi connectivity index (χ0v) is 10.7. The van der Waals surface area contributed by atoms with Gasteiger partial charge in [-0.1, -0.05) is 0 Å². The normalized spacial score (nSPS) is 15.7. The number of anilines is 1. The van der Waals surface area contributed by atoms with E-state index in [0.717, 1.165) is 21.7 Å². The van der Waals surface area contributed by atoms with Crippen molar-refractivity contribution in [1.82, 2.24) is 0 Å². The first-order valence-electron chi connectivity index (χ1n) is 5.26. The summed E-state index contributed by atoms with van der Waals surface area (Å²) in [5.41, 5.74) is 6.55. The first kappa shape index (κ1) is 11.5. The van der Waals surface area contributed by atoms with Gasteiger partial charge in [0.15, 0.2) is 11.5 Å². The van der Waals surface area contributed by atoms with Crippen LogP contribution in [0.15, 0.2) is 16.6 Å². The number of halogens is 1. The molecule has 88 valence electrons. The highest BCUT2D eigenvalue weighted by Crippen LogP contribution is 2.38. The highest BCUT2D eigenvalue weighted by atomic mass is 79.9. The van der Waals surface area contributed by atoms with Gasteiger partial charge in [-0.15, -0.1) is 0 Å². The van der Waals surface area contributed by atoms with Crippen molar-refractivity contribution in [1.29, 1.82) is 0 Å². The molecule has 0 bridgehead atoms. The molecule has 0 saturated carbocycles. The fourth-order valence-corrected chi connectivity index (χ4v) is 1.94. The molecule has 0 aromatic heterocycles. The number of nitrogens with two attached hydrogens (primary N) is 1. The van der Waals surface area contributed by atoms with E-state index in [1.54, 1.807) is 0 Å². The van der Waals surface area contributed by atoms with Gasteiger partial charge in [-0.05, 0) is 22.9 Å². The van der Waals surface area contributed by atoms with Crippen molar-refractivity contribution < 1.29 is 9.47 Å². The first-order valence-corrected chi connectivity index (χ1v) is 6.05. The molecule has 1 aliphatic rings. The van der Waals surface area contributed by atoms with Crippen LogP contribution in [0.2, 0.25) is 0 Å². The lowest BCUT2D eigenvalue weighted by atomic mass is 10.2. The third-order valence-corrected chi connectivity index (χ3v) is 3.04. The van der Waals surface area contributed by atoms with Gasteiger partial charge in [-0.25, -0.2) is 0 Å². The van der Waals surface area contributed by atoms with Crippen LogP contribution in [-0.2, 0) is 0 Å². The lowest BCUT2D eigenvalue weighted by molar-refractivity contribution is 0.171. The minimum absolute atomic E-state index is 0.221. The van der Waals surface area contributed by atoms with Gasteiger partial charge >= 0.3 is 0 Å². The molecule has 1 heterocycles. The largest absolute Gasteiger partial charge is 0.486 e. The molecule has 1 aromatic carbocycles. The number of hydrogen-bond donors (Lipinski definition) is 2. The maximum Gasteiger partial charge on any atom is 0.163 e. The van der Waals surface area contributed by atoms with Crippen molar-refractivity contribution in [2.45, 2.75) is 13.0 Å². The Kier molecular flexibility index (Phi) is 3.56. The van der Waals surface area contributed by atoms with Crippen molar-refractivity contribution >= 4 is 21.6 Å². The lowest BCUT2D eigenvalue weighted by Crippen LogP contribution is -2.25. The van der Waals surface area contributed by atoms with Crippen LogP contribution in [0.5, 0.6) is 11.5 Å². The van der Waals surface area contributed by atoms with Gasteiger partial charge in [-0.3, -0.25) is 0 Å². The number of benzene rings is 1. The van der Waals surface area contributed by atoms with Crippen LogP contribution in [0.4, 0.5) is 5.69 Å². The van der Waals surface area contributed by atoms with E-state index in [0.29, 0.717) is 19.8 Å². The summed E-state index contributed by atoms with van der Waals surface area (Å²) in [6.45, 7) is 3.82. The van der Waals surface area contributed by atoms with Crippen molar-refractivity contribution in [3.05, 3.63) is 16.6 Å². The Morgan fingerprint density at radius 1 is 1.38 bits per heavy atom. The molecule has 0 spiro atoms. The summed E-state index contributed by atoms with van der Waals surface area (Å²) in [6.07, 6.45) is 0. The van der Waals surface area contributed by atoms with Gasteiger partial charge in [-0.2, -0.15) is 0 Å². The van der Waals surface area contributed by atoms with Crippen molar-refractivity contribution in [2.24, 2.45) is 5.73 Å². The molecular weight excluding hydrogens is 272 g/mol. The van der Waals surface area contributed by atoms with Gasteiger partial charge in [0.2, 0.25) is 0 Å². The van der Waals surface area contributed by atoms with E-state index in [1.165, 1.54) is 0 Å². The molecule has 0 amide bonds. The number of fused-ring (bicyclic) bond motifs is 1. The van der Waals surface area contributed by atoms with Gasteiger partial charge in [0.1, 0.15) is 13.2 Å². The minimum Gasteiger partial charge on any atom is -0.486 e. The number of nitrogens with one attached hydrogen (secondary N) is 1. The molecule has 1 aromatic rings. The Bertz CT molecular complexity index is 384. The second-order valence-electron chi connectivity index (χ2n) is 3.76. The number of rotatable bonds is 3. The second-order valence-corrected chi connectivity index (χ2v) is 4.61. The van der Waals surface area contributed by atoms with Gasteiger partial charge in [0, 0.05) is 29.2 Å². The van der Waals surface area contributed by atoms with E-state index in [-0.39, 0.29) is 6.04 Å². The average molecular weight is 287 g/mol. The average Bonchev–Trinajstić information content (AvgIpc) is 2.30. The predicted molar refractivity (Wildman–Crippen MR) is 67.3 cm³/mol. The lowest BCUT2D eigenvalue weighted by Gasteiger charge is -2.21. The van der Waals surface area contributed by atoms with E-state index >= 15 is 0 Å². The van der Waals surface area contributed by atoms with E-state index in [4.69, 9.17) is 15.2 Å². The third-order valence-electron chi connectivity index (χ3n) is 2.39. The number of hydrogen-bond acceptors (Lipinski definition) is 4. The first-order chi connectivity index (χ1) is 7.70. The van der Waals surface area contributed by atoms with Crippen molar-refractivity contribution in [3.63, 3.8) is 0 Å². The minimum atomic E-state index is 0.221. The van der Waals surface area contributed by atoms with Crippen molar-refractivity contribution in [3.8, 4) is 11.5 Å². The van der Waals surface area contributed by atoms with Gasteiger partial charge < -0.3 is 20.5 Å². The maximum atomic E-state index is 5.57. The predicted octanol–water partition coefficient (Wildman–Crippen LogP) is 1.98. The monoisotopic (exact) mass is 286 g/mol. The summed E-state index contributed by atoms with van der Waals surface area (Å²) >= 11 is 3.49. The molecule has 1 unspecified atom stereocenters. The standard InChI is InChI=1S/C11H15BrN2O2/c1-7(6-13)14-9-5-11-10(4-8(9)12)15-2-3-16-11/h4-5,7,14H,2-3,6,13H2,1H3. The molecule has 4 nitrogen and oxygen atoms in total. The Balaban J connectivity index is 2.25. The number of ether oxygens (including phenoxy) is 2. The fourth-order valence-electron chi connectivity index (χ4n) is 1.50. The van der Waals surface area contributed by atoms with Crippen LogP contribution in [0.1, 0.15) is 6.92 Å². The summed E-state index contributed by atoms with van der Waals surface area (Å²) in [5, 5.41) is 3.30. The highest BCUT2D eigenvalue weighted by Gasteiger charge is 2.15. The zero-order chi connectivity index (χ0) is 11.5. The van der Waals surface area contributed by atoms with Gasteiger partial charge in [0.05, 0.1) is 5.69 Å². The molecule has 2 rings (SSSR count). The molecule has 0 fully saturated rings. The molecule has 1 atom stereocenters. The van der Waals surface area contributed by atoms with Crippen molar-refractivity contribution in [2.75, 3.05) is 25.1 Å². The van der Waals surface area contributed by atoms with E-state index < -0.39 is 0 Å². The summed E-state index contributed by atoms with van der Waals surface area (Å²) < 4.78 is 12.0. The molecule has 3 N–H and O–H groups in total. The van der Waals surface area contributed by atoms with Crippen LogP contribution >= 0.6 is 15.9 Å². The van der Waals surface area contributed by atoms with Crippen LogP contribution < -0.4 is 20.5 Å². The van der Waals surface area contributed by atoms with E-state index in [1.807, 2.05) is 19.1 Å². The maximum absolute atomic E-state index is 5.57. The SMILES string of the molecule is CC(CN)Nc1cc2c(cc1Br)OCCO2. The third kappa shape index (κ3) is 2.41. The molecular formula is C11H15BrN2O2. The molecule has 1 aliphatic heterocycles. The topological polar surface area (TPSA) is 56.5 Å². The van der Waals surface area contributed by atoms with Crippen LogP contribution in [0.25, 0.3) is 0 Å². The highest BCUT2D eigenvalue weighted by molar-refractivity contribution is 9.10. The zero-order valence-electron chi connectivity index (χ0n) is 9.13. The Hall–Kier alpha value is -0.940. The summed E-state index contributed by atoms with van der Waals surface area (Å²) in [7, 11) is 0. The molecule has 0 saturated heterocycles. The van der Waals surface area contributed by atoms with Crippen LogP contribution in [0.3, 0.4) is 0 Å². The van der Waals surface area contributed by atoms with E-state index in [9.17, 15) is 0 Å². The Labute approximate surface area is 103 Å². The van der Waals surface area contributed by atoms with E-state index in [2.05, 4.69) is 21.2 Å². The Morgan fingerprint density at radius 3 is 2.62 bits per heavy atom. The second kappa shape index (κ2) is 4.93. The Morgan fingerprint density at radius 2 is 2.00 bits per heavy atom. The summed E-state index contributed by atoms with van der Waals surface area (Å²) in [6, 6.07) is 4.07. The molecule has 5 heteroatoms. The van der Waals surface area contributed by atoms with Crippen LogP contribution in [-0.4, -0.2) is 25.8 Å². The summed E-state index contributed by atoms with van der Waals surface area (Å²) in [5.74, 6) is 1.56. The smallest absolute Gasteiger partial charge is 0.163 e. The van der Waals surface area contributed by atoms with Crippen LogP contribution in [0, 0.1) is 0 Å². The summed E-state index contributed by atoms with van der Waals surface area (Å²) in [4.78, 5) is 0. The van der Waals surface area contributed by atoms with Gasteiger partial charge in [0.25, 0.3) is 0 Å². The molecule has 0 radical (unpaired) electrons. The fraction of sp³-hybridized carbons (Fsp3) is 0.455.